The summed E-state index contributed by atoms with van der Waals surface area (Å²) < 4.78 is 2.07. The molecule has 0 radical (unpaired) electrons. The van der Waals surface area contributed by atoms with E-state index in [2.05, 4.69) is 20.7 Å². The minimum absolute atomic E-state index is 0.187. The average Bonchev–Trinajstić information content (AvgIpc) is 2.70. The van der Waals surface area contributed by atoms with Gasteiger partial charge in [-0.25, -0.2) is 9.97 Å². The molecule has 0 aromatic carbocycles. The van der Waals surface area contributed by atoms with Crippen LogP contribution >= 0.6 is 0 Å². The van der Waals surface area contributed by atoms with Crippen molar-refractivity contribution in [2.45, 2.75) is 44.6 Å². The van der Waals surface area contributed by atoms with Crippen molar-refractivity contribution in [3.63, 3.8) is 0 Å². The van der Waals surface area contributed by atoms with Crippen LogP contribution in [0.2, 0.25) is 0 Å². The summed E-state index contributed by atoms with van der Waals surface area (Å²) in [7, 11) is 2.03. The molecule has 3 rings (SSSR count). The number of nitrogens with two attached hydrogens (primary N) is 1. The van der Waals surface area contributed by atoms with E-state index in [0.717, 1.165) is 29.6 Å². The van der Waals surface area contributed by atoms with Crippen molar-refractivity contribution in [1.29, 1.82) is 0 Å². The molecule has 18 heavy (non-hydrogen) atoms. The van der Waals surface area contributed by atoms with Gasteiger partial charge in [-0.2, -0.15) is 0 Å². The minimum Gasteiger partial charge on any atom is -0.335 e. The van der Waals surface area contributed by atoms with Crippen LogP contribution in [0.1, 0.15) is 43.4 Å². The van der Waals surface area contributed by atoms with Crippen molar-refractivity contribution in [2.24, 2.45) is 12.8 Å². The van der Waals surface area contributed by atoms with E-state index in [9.17, 15) is 0 Å². The lowest BCUT2D eigenvalue weighted by Crippen LogP contribution is -2.38. The predicted octanol–water partition coefficient (Wildman–Crippen LogP) is 2.39. The van der Waals surface area contributed by atoms with Crippen molar-refractivity contribution in [3.05, 3.63) is 23.8 Å². The molecule has 4 heteroatoms. The van der Waals surface area contributed by atoms with Gasteiger partial charge in [0, 0.05) is 29.7 Å². The molecule has 2 aromatic heterocycles. The summed E-state index contributed by atoms with van der Waals surface area (Å²) in [4.78, 5) is 8.71. The van der Waals surface area contributed by atoms with Gasteiger partial charge in [0.2, 0.25) is 0 Å². The number of aromatic nitrogens is 3. The van der Waals surface area contributed by atoms with Gasteiger partial charge >= 0.3 is 0 Å². The quantitative estimate of drug-likeness (QED) is 0.838. The van der Waals surface area contributed by atoms with Gasteiger partial charge in [-0.05, 0) is 19.8 Å². The van der Waals surface area contributed by atoms with Crippen LogP contribution in [0.25, 0.3) is 11.0 Å². The summed E-state index contributed by atoms with van der Waals surface area (Å²) in [6, 6.07) is 0. The fourth-order valence-electron chi connectivity index (χ4n) is 3.19. The van der Waals surface area contributed by atoms with Gasteiger partial charge in [-0.3, -0.25) is 0 Å². The van der Waals surface area contributed by atoms with Crippen molar-refractivity contribution in [3.8, 4) is 0 Å². The summed E-state index contributed by atoms with van der Waals surface area (Å²) in [5.74, 6) is 0. The van der Waals surface area contributed by atoms with E-state index >= 15 is 0 Å². The maximum absolute atomic E-state index is 6.66. The van der Waals surface area contributed by atoms with Gasteiger partial charge < -0.3 is 10.3 Å². The molecule has 96 valence electrons. The van der Waals surface area contributed by atoms with Gasteiger partial charge in [-0.1, -0.05) is 19.3 Å². The van der Waals surface area contributed by atoms with E-state index in [4.69, 9.17) is 5.73 Å². The van der Waals surface area contributed by atoms with Crippen LogP contribution in [0, 0.1) is 6.92 Å². The van der Waals surface area contributed by atoms with E-state index in [-0.39, 0.29) is 5.54 Å². The summed E-state index contributed by atoms with van der Waals surface area (Å²) >= 11 is 0. The second-order valence-electron chi connectivity index (χ2n) is 5.53. The number of hydrogen-bond donors (Lipinski definition) is 1. The highest BCUT2D eigenvalue weighted by Crippen LogP contribution is 2.39. The van der Waals surface area contributed by atoms with Crippen LogP contribution in [-0.4, -0.2) is 14.5 Å². The topological polar surface area (TPSA) is 56.7 Å². The maximum Gasteiger partial charge on any atom is 0.143 e. The lowest BCUT2D eigenvalue weighted by molar-refractivity contribution is 0.304. The molecule has 2 heterocycles. The monoisotopic (exact) mass is 244 g/mol. The lowest BCUT2D eigenvalue weighted by Gasteiger charge is -2.33. The third kappa shape index (κ3) is 1.63. The molecule has 1 aliphatic carbocycles. The summed E-state index contributed by atoms with van der Waals surface area (Å²) in [5, 5.41) is 1.16. The zero-order chi connectivity index (χ0) is 12.8. The molecule has 1 fully saturated rings. The van der Waals surface area contributed by atoms with Crippen molar-refractivity contribution < 1.29 is 0 Å². The molecule has 4 nitrogen and oxygen atoms in total. The predicted molar refractivity (Wildman–Crippen MR) is 72.2 cm³/mol. The first kappa shape index (κ1) is 11.7. The molecule has 1 saturated carbocycles. The Morgan fingerprint density at radius 1 is 1.22 bits per heavy atom. The lowest BCUT2D eigenvalue weighted by atomic mass is 9.77. The third-order valence-electron chi connectivity index (χ3n) is 4.23. The van der Waals surface area contributed by atoms with Crippen LogP contribution in [0.4, 0.5) is 0 Å². The van der Waals surface area contributed by atoms with E-state index in [0.29, 0.717) is 0 Å². The number of nitrogens with zero attached hydrogens (tertiary/aromatic N) is 3. The number of rotatable bonds is 1. The Morgan fingerprint density at radius 2 is 1.94 bits per heavy atom. The van der Waals surface area contributed by atoms with Crippen molar-refractivity contribution >= 4 is 11.0 Å². The third-order valence-corrected chi connectivity index (χ3v) is 4.23. The molecule has 0 spiro atoms. The Bertz CT molecular complexity index is 579. The van der Waals surface area contributed by atoms with Gasteiger partial charge in [0.1, 0.15) is 12.0 Å². The molecular weight excluding hydrogens is 224 g/mol. The van der Waals surface area contributed by atoms with E-state index in [1.807, 2.05) is 14.0 Å². The second kappa shape index (κ2) is 4.05. The highest BCUT2D eigenvalue weighted by atomic mass is 15.0. The molecule has 0 saturated heterocycles. The SMILES string of the molecule is Cc1ncnc2c1c(C1(N)CCCCC1)cn2C. The number of fused-ring (bicyclic) bond motifs is 1. The molecular formula is C14H20N4. The normalized spacial score (nSPS) is 19.3. The van der Waals surface area contributed by atoms with Crippen LogP contribution in [-0.2, 0) is 12.6 Å². The van der Waals surface area contributed by atoms with Crippen LogP contribution in [0.3, 0.4) is 0 Å². The van der Waals surface area contributed by atoms with Gasteiger partial charge in [0.25, 0.3) is 0 Å². The minimum atomic E-state index is -0.187. The summed E-state index contributed by atoms with van der Waals surface area (Å²) in [5.41, 5.74) is 9.73. The van der Waals surface area contributed by atoms with Gasteiger partial charge in [0.15, 0.2) is 0 Å². The molecule has 0 aliphatic heterocycles. The first-order chi connectivity index (χ1) is 8.62. The highest BCUT2D eigenvalue weighted by molar-refractivity contribution is 5.83. The number of hydrogen-bond acceptors (Lipinski definition) is 3. The van der Waals surface area contributed by atoms with E-state index in [1.165, 1.54) is 24.8 Å². The first-order valence-electron chi connectivity index (χ1n) is 6.68. The molecule has 2 aromatic rings. The van der Waals surface area contributed by atoms with E-state index in [1.54, 1.807) is 6.33 Å². The summed E-state index contributed by atoms with van der Waals surface area (Å²) in [6.07, 6.45) is 9.67. The van der Waals surface area contributed by atoms with Crippen LogP contribution in [0.5, 0.6) is 0 Å². The van der Waals surface area contributed by atoms with Crippen LogP contribution in [0.15, 0.2) is 12.5 Å². The standard InChI is InChI=1S/C14H20N4/c1-10-12-11(14(15)6-4-3-5-7-14)8-18(2)13(12)17-9-16-10/h8-9H,3-7,15H2,1-2H3. The summed E-state index contributed by atoms with van der Waals surface area (Å²) in [6.45, 7) is 2.04. The fourth-order valence-corrected chi connectivity index (χ4v) is 3.19. The smallest absolute Gasteiger partial charge is 0.143 e. The molecule has 0 unspecified atom stereocenters. The maximum atomic E-state index is 6.66. The molecule has 2 N–H and O–H groups in total. The zero-order valence-corrected chi connectivity index (χ0v) is 11.1. The molecule has 0 amide bonds. The van der Waals surface area contributed by atoms with Gasteiger partial charge in [-0.15, -0.1) is 0 Å². The number of aryl methyl sites for hydroxylation is 2. The molecule has 0 atom stereocenters. The van der Waals surface area contributed by atoms with Gasteiger partial charge in [0.05, 0.1) is 5.69 Å². The van der Waals surface area contributed by atoms with Crippen molar-refractivity contribution in [2.75, 3.05) is 0 Å². The van der Waals surface area contributed by atoms with E-state index < -0.39 is 0 Å². The Kier molecular flexibility index (Phi) is 2.63. The first-order valence-corrected chi connectivity index (χ1v) is 6.68. The average molecular weight is 244 g/mol. The highest BCUT2D eigenvalue weighted by Gasteiger charge is 2.33. The fraction of sp³-hybridized carbons (Fsp3) is 0.571. The van der Waals surface area contributed by atoms with Crippen molar-refractivity contribution in [1.82, 2.24) is 14.5 Å². The van der Waals surface area contributed by atoms with Crippen LogP contribution < -0.4 is 5.73 Å². The largest absolute Gasteiger partial charge is 0.335 e. The molecule has 1 aliphatic rings. The Hall–Kier alpha value is -1.42. The Labute approximate surface area is 107 Å². The molecule has 0 bridgehead atoms. The zero-order valence-electron chi connectivity index (χ0n) is 11.1. The Morgan fingerprint density at radius 3 is 2.67 bits per heavy atom. The second-order valence-corrected chi connectivity index (χ2v) is 5.53. The Balaban J connectivity index is 2.23.